The Balaban J connectivity index is 2.07. The van der Waals surface area contributed by atoms with E-state index in [9.17, 15) is 4.39 Å². The van der Waals surface area contributed by atoms with Crippen LogP contribution in [0.1, 0.15) is 41.9 Å². The number of aryl methyl sites for hydroxylation is 1. The summed E-state index contributed by atoms with van der Waals surface area (Å²) < 4.78 is 13.7. The van der Waals surface area contributed by atoms with Crippen LogP contribution >= 0.6 is 11.3 Å². The Bertz CT molecular complexity index is 578. The molecule has 2 aromatic rings. The van der Waals surface area contributed by atoms with Gasteiger partial charge in [-0.2, -0.15) is 0 Å². The van der Waals surface area contributed by atoms with Gasteiger partial charge in [-0.3, -0.25) is 0 Å². The average Bonchev–Trinajstić information content (AvgIpc) is 2.83. The van der Waals surface area contributed by atoms with Crippen LogP contribution in [0.4, 0.5) is 4.39 Å². The van der Waals surface area contributed by atoms with Crippen LogP contribution in [0.15, 0.2) is 24.3 Å². The lowest BCUT2D eigenvalue weighted by atomic mass is 10.1. The first-order chi connectivity index (χ1) is 10.1. The normalized spacial score (nSPS) is 11.3. The number of thiazole rings is 1. The van der Waals surface area contributed by atoms with E-state index in [1.165, 1.54) is 10.9 Å². The third-order valence-electron chi connectivity index (χ3n) is 3.30. The second-order valence-corrected chi connectivity index (χ2v) is 6.79. The predicted octanol–water partition coefficient (Wildman–Crippen LogP) is 4.18. The lowest BCUT2D eigenvalue weighted by Crippen LogP contribution is -2.18. The Hall–Kier alpha value is -1.26. The largest absolute Gasteiger partial charge is 0.312 e. The standard InChI is InChI=1S/C17H23FN2S/c1-4-15-16(11-19-10-12(2)3)21-17(20-15)9-13-7-5-6-8-14(13)18/h5-8,12,19H,4,9-11H2,1-3H3. The number of benzene rings is 1. The molecular weight excluding hydrogens is 283 g/mol. The molecule has 0 atom stereocenters. The molecule has 21 heavy (non-hydrogen) atoms. The summed E-state index contributed by atoms with van der Waals surface area (Å²) in [7, 11) is 0. The lowest BCUT2D eigenvalue weighted by Gasteiger charge is -2.06. The van der Waals surface area contributed by atoms with Crippen molar-refractivity contribution in [1.29, 1.82) is 0 Å². The van der Waals surface area contributed by atoms with Crippen molar-refractivity contribution >= 4 is 11.3 Å². The van der Waals surface area contributed by atoms with Crippen molar-refractivity contribution in [2.24, 2.45) is 5.92 Å². The SMILES string of the molecule is CCc1nc(Cc2ccccc2F)sc1CNCC(C)C. The Labute approximate surface area is 130 Å². The topological polar surface area (TPSA) is 24.9 Å². The van der Waals surface area contributed by atoms with E-state index in [0.29, 0.717) is 12.3 Å². The molecule has 0 saturated heterocycles. The Morgan fingerprint density at radius 1 is 1.29 bits per heavy atom. The number of aromatic nitrogens is 1. The van der Waals surface area contributed by atoms with Gasteiger partial charge in [0, 0.05) is 17.8 Å². The van der Waals surface area contributed by atoms with Crippen molar-refractivity contribution in [3.63, 3.8) is 0 Å². The van der Waals surface area contributed by atoms with Crippen molar-refractivity contribution in [1.82, 2.24) is 10.3 Å². The van der Waals surface area contributed by atoms with Crippen molar-refractivity contribution in [2.45, 2.75) is 40.2 Å². The van der Waals surface area contributed by atoms with Crippen LogP contribution in [0.2, 0.25) is 0 Å². The minimum Gasteiger partial charge on any atom is -0.312 e. The summed E-state index contributed by atoms with van der Waals surface area (Å²) >= 11 is 1.70. The highest BCUT2D eigenvalue weighted by molar-refractivity contribution is 7.11. The van der Waals surface area contributed by atoms with Gasteiger partial charge in [-0.25, -0.2) is 9.37 Å². The third kappa shape index (κ3) is 4.61. The number of hydrogen-bond acceptors (Lipinski definition) is 3. The van der Waals surface area contributed by atoms with Crippen LogP contribution in [-0.4, -0.2) is 11.5 Å². The van der Waals surface area contributed by atoms with Crippen LogP contribution in [0.5, 0.6) is 0 Å². The Kier molecular flexibility index (Phi) is 5.88. The van der Waals surface area contributed by atoms with E-state index in [1.54, 1.807) is 17.4 Å². The molecule has 1 N–H and O–H groups in total. The van der Waals surface area contributed by atoms with E-state index in [1.807, 2.05) is 12.1 Å². The fourth-order valence-corrected chi connectivity index (χ4v) is 3.36. The monoisotopic (exact) mass is 306 g/mol. The number of halogens is 1. The van der Waals surface area contributed by atoms with Crippen LogP contribution in [0.25, 0.3) is 0 Å². The summed E-state index contributed by atoms with van der Waals surface area (Å²) in [6, 6.07) is 6.94. The molecule has 0 bridgehead atoms. The number of rotatable bonds is 7. The summed E-state index contributed by atoms with van der Waals surface area (Å²) in [5.74, 6) is 0.492. The van der Waals surface area contributed by atoms with Crippen LogP contribution in [0.3, 0.4) is 0 Å². The molecule has 0 aliphatic carbocycles. The van der Waals surface area contributed by atoms with Crippen LogP contribution < -0.4 is 5.32 Å². The fraction of sp³-hybridized carbons (Fsp3) is 0.471. The van der Waals surface area contributed by atoms with Crippen molar-refractivity contribution in [2.75, 3.05) is 6.54 Å². The average molecular weight is 306 g/mol. The van der Waals surface area contributed by atoms with Crippen molar-refractivity contribution < 1.29 is 4.39 Å². The summed E-state index contributed by atoms with van der Waals surface area (Å²) in [5, 5.41) is 4.46. The smallest absolute Gasteiger partial charge is 0.126 e. The molecule has 0 aliphatic rings. The van der Waals surface area contributed by atoms with Crippen molar-refractivity contribution in [3.8, 4) is 0 Å². The summed E-state index contributed by atoms with van der Waals surface area (Å²) in [6.45, 7) is 8.38. The van der Waals surface area contributed by atoms with Gasteiger partial charge in [-0.1, -0.05) is 39.0 Å². The molecule has 2 nitrogen and oxygen atoms in total. The van der Waals surface area contributed by atoms with Crippen molar-refractivity contribution in [3.05, 3.63) is 51.2 Å². The maximum atomic E-state index is 13.7. The number of hydrogen-bond donors (Lipinski definition) is 1. The fourth-order valence-electron chi connectivity index (χ4n) is 2.21. The van der Waals surface area contributed by atoms with Gasteiger partial charge in [-0.05, 0) is 30.5 Å². The van der Waals surface area contributed by atoms with Gasteiger partial charge in [0.25, 0.3) is 0 Å². The molecule has 114 valence electrons. The maximum Gasteiger partial charge on any atom is 0.126 e. The highest BCUT2D eigenvalue weighted by atomic mass is 32.1. The number of nitrogens with zero attached hydrogens (tertiary/aromatic N) is 1. The zero-order valence-electron chi connectivity index (χ0n) is 12.9. The molecule has 1 aromatic carbocycles. The highest BCUT2D eigenvalue weighted by Gasteiger charge is 2.11. The van der Waals surface area contributed by atoms with E-state index in [2.05, 4.69) is 31.1 Å². The zero-order valence-corrected chi connectivity index (χ0v) is 13.8. The molecule has 0 amide bonds. The maximum absolute atomic E-state index is 13.7. The van der Waals surface area contributed by atoms with Crippen LogP contribution in [0, 0.1) is 11.7 Å². The number of nitrogens with one attached hydrogen (secondary N) is 1. The van der Waals surface area contributed by atoms with Crippen LogP contribution in [-0.2, 0) is 19.4 Å². The first-order valence-corrected chi connectivity index (χ1v) is 8.33. The molecule has 0 aliphatic heterocycles. The Morgan fingerprint density at radius 3 is 2.71 bits per heavy atom. The second-order valence-electron chi connectivity index (χ2n) is 5.62. The quantitative estimate of drug-likeness (QED) is 0.830. The molecule has 0 radical (unpaired) electrons. The van der Waals surface area contributed by atoms with E-state index in [0.717, 1.165) is 35.8 Å². The summed E-state index contributed by atoms with van der Waals surface area (Å²) in [5.41, 5.74) is 1.86. The van der Waals surface area contributed by atoms with Gasteiger partial charge in [0.15, 0.2) is 0 Å². The van der Waals surface area contributed by atoms with Gasteiger partial charge < -0.3 is 5.32 Å². The minimum absolute atomic E-state index is 0.148. The molecule has 0 fully saturated rings. The molecule has 4 heteroatoms. The lowest BCUT2D eigenvalue weighted by molar-refractivity contribution is 0.553. The first-order valence-electron chi connectivity index (χ1n) is 7.51. The van der Waals surface area contributed by atoms with Gasteiger partial charge in [0.2, 0.25) is 0 Å². The van der Waals surface area contributed by atoms with E-state index < -0.39 is 0 Å². The third-order valence-corrected chi connectivity index (χ3v) is 4.39. The Morgan fingerprint density at radius 2 is 2.05 bits per heavy atom. The van der Waals surface area contributed by atoms with E-state index in [4.69, 9.17) is 0 Å². The minimum atomic E-state index is -0.148. The molecule has 0 unspecified atom stereocenters. The summed E-state index contributed by atoms with van der Waals surface area (Å²) in [4.78, 5) is 5.96. The molecule has 1 heterocycles. The van der Waals surface area contributed by atoms with E-state index in [-0.39, 0.29) is 5.82 Å². The first kappa shape index (κ1) is 16.1. The molecule has 0 spiro atoms. The molecule has 2 rings (SSSR count). The molecular formula is C17H23FN2S. The molecule has 1 aromatic heterocycles. The van der Waals surface area contributed by atoms with E-state index >= 15 is 0 Å². The van der Waals surface area contributed by atoms with Gasteiger partial charge in [-0.15, -0.1) is 11.3 Å². The predicted molar refractivity (Wildman–Crippen MR) is 87.2 cm³/mol. The second kappa shape index (κ2) is 7.66. The highest BCUT2D eigenvalue weighted by Crippen LogP contribution is 2.22. The van der Waals surface area contributed by atoms with Gasteiger partial charge in [0.1, 0.15) is 5.82 Å². The summed E-state index contributed by atoms with van der Waals surface area (Å²) in [6.07, 6.45) is 1.50. The molecule has 0 saturated carbocycles. The van der Waals surface area contributed by atoms with Gasteiger partial charge in [0.05, 0.1) is 10.7 Å². The zero-order chi connectivity index (χ0) is 15.2. The van der Waals surface area contributed by atoms with Gasteiger partial charge >= 0.3 is 0 Å².